The van der Waals surface area contributed by atoms with Crippen LogP contribution >= 0.6 is 11.6 Å². The maximum absolute atomic E-state index is 12.4. The fourth-order valence-electron chi connectivity index (χ4n) is 3.20. The zero-order valence-electron chi connectivity index (χ0n) is 15.0. The number of rotatable bonds is 6. The summed E-state index contributed by atoms with van der Waals surface area (Å²) in [6.07, 6.45) is 1.05. The van der Waals surface area contributed by atoms with Gasteiger partial charge in [-0.05, 0) is 54.8 Å². The average Bonchev–Trinajstić information content (AvgIpc) is 3.15. The molecule has 1 fully saturated rings. The maximum atomic E-state index is 12.4. The summed E-state index contributed by atoms with van der Waals surface area (Å²) in [4.78, 5) is 14.7. The van der Waals surface area contributed by atoms with Gasteiger partial charge in [0.2, 0.25) is 0 Å². The second-order valence-electron chi connectivity index (χ2n) is 6.36. The Morgan fingerprint density at radius 1 is 1.15 bits per heavy atom. The number of anilines is 1. The Hall–Kier alpha value is -2.40. The molecule has 2 aromatic carbocycles. The molecule has 1 aliphatic heterocycles. The lowest BCUT2D eigenvalue weighted by atomic mass is 10.1. The van der Waals surface area contributed by atoms with Crippen molar-refractivity contribution in [2.75, 3.05) is 38.8 Å². The second kappa shape index (κ2) is 8.32. The predicted molar refractivity (Wildman–Crippen MR) is 104 cm³/mol. The van der Waals surface area contributed by atoms with E-state index in [-0.39, 0.29) is 5.91 Å². The van der Waals surface area contributed by atoms with E-state index in [1.165, 1.54) is 5.69 Å². The number of ether oxygens (including phenoxy) is 2. The Labute approximate surface area is 158 Å². The number of nitrogens with zero attached hydrogens (tertiary/aromatic N) is 1. The van der Waals surface area contributed by atoms with Crippen molar-refractivity contribution in [1.82, 2.24) is 5.32 Å². The summed E-state index contributed by atoms with van der Waals surface area (Å²) in [5, 5.41) is 3.77. The van der Waals surface area contributed by atoms with E-state index in [0.29, 0.717) is 29.5 Å². The number of hydrogen-bond acceptors (Lipinski definition) is 4. The molecule has 0 aliphatic carbocycles. The summed E-state index contributed by atoms with van der Waals surface area (Å²) in [7, 11) is 3.13. The maximum Gasteiger partial charge on any atom is 0.251 e. The van der Waals surface area contributed by atoms with E-state index in [2.05, 4.69) is 10.2 Å². The van der Waals surface area contributed by atoms with Crippen molar-refractivity contribution < 1.29 is 14.3 Å². The van der Waals surface area contributed by atoms with Crippen LogP contribution in [0, 0.1) is 5.92 Å². The quantitative estimate of drug-likeness (QED) is 0.839. The number of halogens is 1. The van der Waals surface area contributed by atoms with E-state index in [9.17, 15) is 4.79 Å². The highest BCUT2D eigenvalue weighted by Crippen LogP contribution is 2.28. The molecule has 0 saturated carbocycles. The first-order valence-corrected chi connectivity index (χ1v) is 8.99. The highest BCUT2D eigenvalue weighted by Gasteiger charge is 2.23. The minimum Gasteiger partial charge on any atom is -0.493 e. The van der Waals surface area contributed by atoms with Gasteiger partial charge in [0.05, 0.1) is 14.2 Å². The van der Waals surface area contributed by atoms with Gasteiger partial charge in [-0.2, -0.15) is 0 Å². The minimum absolute atomic E-state index is 0.101. The van der Waals surface area contributed by atoms with E-state index in [1.54, 1.807) is 32.4 Å². The molecule has 26 heavy (non-hydrogen) atoms. The molecule has 1 saturated heterocycles. The van der Waals surface area contributed by atoms with Crippen LogP contribution in [0.4, 0.5) is 5.69 Å². The topological polar surface area (TPSA) is 50.8 Å². The van der Waals surface area contributed by atoms with Crippen LogP contribution in [-0.4, -0.2) is 39.8 Å². The number of carbonyl (C=O) groups excluding carboxylic acids is 1. The van der Waals surface area contributed by atoms with E-state index in [4.69, 9.17) is 21.1 Å². The molecule has 0 aromatic heterocycles. The van der Waals surface area contributed by atoms with E-state index >= 15 is 0 Å². The molecule has 3 rings (SSSR count). The van der Waals surface area contributed by atoms with Crippen LogP contribution in [-0.2, 0) is 0 Å². The summed E-state index contributed by atoms with van der Waals surface area (Å²) in [6, 6.07) is 13.1. The first kappa shape index (κ1) is 18.4. The van der Waals surface area contributed by atoms with Gasteiger partial charge in [-0.25, -0.2) is 0 Å². The highest BCUT2D eigenvalue weighted by molar-refractivity contribution is 6.30. The van der Waals surface area contributed by atoms with Crippen LogP contribution in [0.3, 0.4) is 0 Å². The Morgan fingerprint density at radius 3 is 2.58 bits per heavy atom. The molecule has 5 nitrogen and oxygen atoms in total. The lowest BCUT2D eigenvalue weighted by Gasteiger charge is -2.19. The van der Waals surface area contributed by atoms with Gasteiger partial charge in [0, 0.05) is 35.9 Å². The number of benzene rings is 2. The molecule has 1 N–H and O–H groups in total. The SMILES string of the molecule is COc1ccc(C(=O)NCC2CCN(c3ccc(Cl)cc3)C2)cc1OC. The summed E-state index contributed by atoms with van der Waals surface area (Å²) in [6.45, 7) is 2.56. The third-order valence-electron chi connectivity index (χ3n) is 4.67. The van der Waals surface area contributed by atoms with E-state index in [0.717, 1.165) is 24.5 Å². The van der Waals surface area contributed by atoms with E-state index < -0.39 is 0 Å². The van der Waals surface area contributed by atoms with Gasteiger partial charge in [0.25, 0.3) is 5.91 Å². The summed E-state index contributed by atoms with van der Waals surface area (Å²) < 4.78 is 10.5. The first-order chi connectivity index (χ1) is 12.6. The van der Waals surface area contributed by atoms with Crippen LogP contribution in [0.2, 0.25) is 5.02 Å². The van der Waals surface area contributed by atoms with Gasteiger partial charge in [0.1, 0.15) is 0 Å². The zero-order valence-corrected chi connectivity index (χ0v) is 15.8. The van der Waals surface area contributed by atoms with Gasteiger partial charge < -0.3 is 19.7 Å². The zero-order chi connectivity index (χ0) is 18.5. The molecule has 0 spiro atoms. The van der Waals surface area contributed by atoms with Gasteiger partial charge in [-0.1, -0.05) is 11.6 Å². The molecule has 0 bridgehead atoms. The van der Waals surface area contributed by atoms with Crippen molar-refractivity contribution in [2.45, 2.75) is 6.42 Å². The second-order valence-corrected chi connectivity index (χ2v) is 6.79. The number of hydrogen-bond donors (Lipinski definition) is 1. The molecule has 1 amide bonds. The van der Waals surface area contributed by atoms with Crippen LogP contribution in [0.5, 0.6) is 11.5 Å². The van der Waals surface area contributed by atoms with Crippen molar-refractivity contribution in [2.24, 2.45) is 5.92 Å². The molecule has 1 unspecified atom stereocenters. The fourth-order valence-corrected chi connectivity index (χ4v) is 3.33. The third kappa shape index (κ3) is 4.22. The number of methoxy groups -OCH3 is 2. The van der Waals surface area contributed by atoms with Crippen LogP contribution in [0.25, 0.3) is 0 Å². The van der Waals surface area contributed by atoms with Crippen LogP contribution in [0.15, 0.2) is 42.5 Å². The van der Waals surface area contributed by atoms with Crippen LogP contribution < -0.4 is 19.7 Å². The molecule has 138 valence electrons. The smallest absolute Gasteiger partial charge is 0.251 e. The minimum atomic E-state index is -0.101. The van der Waals surface area contributed by atoms with Gasteiger partial charge in [-0.3, -0.25) is 4.79 Å². The lowest BCUT2D eigenvalue weighted by Crippen LogP contribution is -2.31. The molecule has 1 atom stereocenters. The lowest BCUT2D eigenvalue weighted by molar-refractivity contribution is 0.0948. The largest absolute Gasteiger partial charge is 0.493 e. The fraction of sp³-hybridized carbons (Fsp3) is 0.350. The molecule has 2 aromatic rings. The van der Waals surface area contributed by atoms with Crippen molar-refractivity contribution in [3.8, 4) is 11.5 Å². The van der Waals surface area contributed by atoms with Gasteiger partial charge in [-0.15, -0.1) is 0 Å². The summed E-state index contributed by atoms with van der Waals surface area (Å²) in [5.41, 5.74) is 1.73. The van der Waals surface area contributed by atoms with Gasteiger partial charge >= 0.3 is 0 Å². The van der Waals surface area contributed by atoms with Crippen molar-refractivity contribution in [3.05, 3.63) is 53.1 Å². The Bertz CT molecular complexity index is 764. The third-order valence-corrected chi connectivity index (χ3v) is 4.93. The Balaban J connectivity index is 1.54. The predicted octanol–water partition coefficient (Wildman–Crippen LogP) is 3.61. The summed E-state index contributed by atoms with van der Waals surface area (Å²) in [5.74, 6) is 1.49. The Morgan fingerprint density at radius 2 is 1.88 bits per heavy atom. The molecule has 6 heteroatoms. The van der Waals surface area contributed by atoms with Crippen molar-refractivity contribution >= 4 is 23.2 Å². The highest BCUT2D eigenvalue weighted by atomic mass is 35.5. The number of nitrogens with one attached hydrogen (secondary N) is 1. The molecule has 1 aliphatic rings. The standard InChI is InChI=1S/C20H23ClN2O3/c1-25-18-8-3-15(11-19(18)26-2)20(24)22-12-14-9-10-23(13-14)17-6-4-16(21)5-7-17/h3-8,11,14H,9-10,12-13H2,1-2H3,(H,22,24). The first-order valence-electron chi connectivity index (χ1n) is 8.61. The Kier molecular flexibility index (Phi) is 5.89. The van der Waals surface area contributed by atoms with Crippen molar-refractivity contribution in [1.29, 1.82) is 0 Å². The van der Waals surface area contributed by atoms with Gasteiger partial charge in [0.15, 0.2) is 11.5 Å². The summed E-state index contributed by atoms with van der Waals surface area (Å²) >= 11 is 5.95. The normalized spacial score (nSPS) is 16.4. The monoisotopic (exact) mass is 374 g/mol. The molecular formula is C20H23ClN2O3. The molecular weight excluding hydrogens is 352 g/mol. The average molecular weight is 375 g/mol. The van der Waals surface area contributed by atoms with E-state index in [1.807, 2.05) is 24.3 Å². The van der Waals surface area contributed by atoms with Crippen molar-refractivity contribution in [3.63, 3.8) is 0 Å². The molecule has 1 heterocycles. The van der Waals surface area contributed by atoms with Crippen LogP contribution in [0.1, 0.15) is 16.8 Å². The molecule has 0 radical (unpaired) electrons. The number of carbonyl (C=O) groups is 1. The number of amides is 1.